The number of esters is 4. The Morgan fingerprint density at radius 1 is 0.541 bits per heavy atom. The van der Waals surface area contributed by atoms with Crippen molar-refractivity contribution >= 4 is 129 Å². The Hall–Kier alpha value is -5.03. The van der Waals surface area contributed by atoms with Gasteiger partial charge in [0.1, 0.15) is 42.4 Å². The lowest BCUT2D eigenvalue weighted by molar-refractivity contribution is -0.322. The molecular weight excluding hydrogens is 1120 g/mol. The molecule has 4 amide bonds. The topological polar surface area (TPSA) is 217 Å². The molecule has 4 aliphatic rings. The Labute approximate surface area is 455 Å². The number of imide groups is 2. The number of amides is 4. The normalized spacial score (nSPS) is 25.4. The number of hydrogen-bond acceptors (Lipinski definition) is 17. The number of carbonyl (C=O) groups is 8. The molecule has 2 fully saturated rings. The lowest BCUT2D eigenvalue weighted by Crippen LogP contribution is -2.71. The first-order valence-corrected chi connectivity index (χ1v) is 25.4. The second-order valence-electron chi connectivity index (χ2n) is 16.9. The Morgan fingerprint density at radius 2 is 1.05 bits per heavy atom. The average Bonchev–Trinajstić information content (AvgIpc) is 3.76. The maximum atomic E-state index is 14.9. The van der Waals surface area contributed by atoms with Crippen LogP contribution in [-0.2, 0) is 63.7 Å². The molecule has 390 valence electrons. The molecule has 4 aromatic carbocycles. The highest BCUT2D eigenvalue weighted by atomic mass is 35.5. The van der Waals surface area contributed by atoms with Gasteiger partial charge in [-0.05, 0) is 29.8 Å². The van der Waals surface area contributed by atoms with E-state index >= 15 is 0 Å². The van der Waals surface area contributed by atoms with Gasteiger partial charge in [0.25, 0.3) is 23.6 Å². The molecule has 0 N–H and O–H groups in total. The second-order valence-corrected chi connectivity index (χ2v) is 20.3. The second kappa shape index (κ2) is 23.1. The Kier molecular flexibility index (Phi) is 17.2. The van der Waals surface area contributed by atoms with Crippen molar-refractivity contribution in [1.82, 2.24) is 9.80 Å². The summed E-state index contributed by atoms with van der Waals surface area (Å²) in [5.41, 5.74) is -2.11. The number of benzene rings is 4. The fraction of sp³-hybridized carbons (Fsp3) is 0.347. The largest absolute Gasteiger partial charge is 0.463 e. The molecule has 0 aromatic heterocycles. The van der Waals surface area contributed by atoms with Gasteiger partial charge in [-0.25, -0.2) is 0 Å². The number of ether oxygens (including phenoxy) is 8. The van der Waals surface area contributed by atoms with Gasteiger partial charge in [-0.15, -0.1) is 0 Å². The first-order valence-electron chi connectivity index (χ1n) is 22.2. The van der Waals surface area contributed by atoms with Crippen molar-refractivity contribution in [2.24, 2.45) is 0 Å². The average molecular weight is 1160 g/mol. The van der Waals surface area contributed by atoms with Crippen molar-refractivity contribution in [2.45, 2.75) is 99.6 Å². The zero-order valence-corrected chi connectivity index (χ0v) is 44.3. The van der Waals surface area contributed by atoms with Crippen LogP contribution in [-0.4, -0.2) is 131 Å². The van der Waals surface area contributed by atoms with Crippen molar-refractivity contribution in [1.29, 1.82) is 0 Å². The summed E-state index contributed by atoms with van der Waals surface area (Å²) < 4.78 is 49.6. The van der Waals surface area contributed by atoms with Gasteiger partial charge in [-0.3, -0.25) is 48.2 Å². The van der Waals surface area contributed by atoms with Crippen LogP contribution in [0.2, 0.25) is 30.1 Å². The van der Waals surface area contributed by atoms with Crippen molar-refractivity contribution in [3.05, 3.63) is 131 Å². The van der Waals surface area contributed by atoms with E-state index in [1.807, 2.05) is 0 Å². The molecule has 0 radical (unpaired) electrons. The third-order valence-electron chi connectivity index (χ3n) is 12.0. The highest BCUT2D eigenvalue weighted by molar-refractivity contribution is 7.99. The molecule has 0 aliphatic carbocycles. The first kappa shape index (κ1) is 55.2. The standard InChI is InChI=1S/C49H40Cl6N2O16S/c1-20(58)67-19-29-40(68-21(2)59)42(69-22(3)60)38(56-44(62)26-15-16-27(50)33(51)30(26)45(56)63)48(71-29)73-41-28(18-66-17-24-11-7-5-8-12-24)72-49(74-25-13-9-6-10-14-25)39(43(41)70-23(4)61)57-46(64)31-32(47(57)65)35(53)37(55)36(54)34(31)52/h5-16,28-29,38-43,48-49H,17-19H2,1-4H3/t28-,29-,38-,39-,40-,41-,42-,43-,48+,49+/m1/s1. The van der Waals surface area contributed by atoms with Crippen LogP contribution in [0.5, 0.6) is 0 Å². The molecule has 4 aromatic rings. The Bertz CT molecular complexity index is 2890. The third kappa shape index (κ3) is 11.0. The molecule has 25 heteroatoms. The molecule has 8 rings (SSSR count). The van der Waals surface area contributed by atoms with E-state index in [9.17, 15) is 38.4 Å². The maximum Gasteiger partial charge on any atom is 0.303 e. The zero-order valence-electron chi connectivity index (χ0n) is 38.9. The summed E-state index contributed by atoms with van der Waals surface area (Å²) >= 11 is 40.0. The van der Waals surface area contributed by atoms with Crippen LogP contribution in [0, 0.1) is 0 Å². The molecule has 4 heterocycles. The molecule has 74 heavy (non-hydrogen) atoms. The summed E-state index contributed by atoms with van der Waals surface area (Å²) in [4.78, 5) is 113. The van der Waals surface area contributed by atoms with Crippen LogP contribution in [0.4, 0.5) is 0 Å². The summed E-state index contributed by atoms with van der Waals surface area (Å²) in [5, 5.41) is -1.91. The molecular formula is C49H40Cl6N2O16S. The summed E-state index contributed by atoms with van der Waals surface area (Å²) in [6, 6.07) is 16.4. The van der Waals surface area contributed by atoms with Gasteiger partial charge in [0.05, 0.1) is 65.6 Å². The SMILES string of the molecule is CC(=O)OC[C@H]1O[C@@H](O[C@H]2[C@H](OC(C)=O)[C@@H](N3C(=O)c4c(Cl)c(Cl)c(Cl)c(Cl)c4C3=O)[C@H](Sc3ccccc3)O[C@@H]2COCc2ccccc2)[C@H](N2C(=O)c3ccc(Cl)c(Cl)c3C2=O)[C@@H](OC(C)=O)[C@@H]1OC(C)=O. The van der Waals surface area contributed by atoms with Crippen LogP contribution >= 0.6 is 81.4 Å². The van der Waals surface area contributed by atoms with E-state index in [1.54, 1.807) is 60.7 Å². The minimum atomic E-state index is -2.09. The fourth-order valence-corrected chi connectivity index (χ4v) is 11.6. The van der Waals surface area contributed by atoms with Crippen LogP contribution in [0.3, 0.4) is 0 Å². The summed E-state index contributed by atoms with van der Waals surface area (Å²) in [5.74, 6) is -8.03. The molecule has 0 saturated carbocycles. The lowest BCUT2D eigenvalue weighted by Gasteiger charge is -2.51. The van der Waals surface area contributed by atoms with Crippen molar-refractivity contribution in [2.75, 3.05) is 13.2 Å². The smallest absolute Gasteiger partial charge is 0.303 e. The summed E-state index contributed by atoms with van der Waals surface area (Å²) in [6.07, 6.45) is -12.4. The number of nitrogens with zero attached hydrogens (tertiary/aromatic N) is 2. The number of fused-ring (bicyclic) bond motifs is 2. The van der Waals surface area contributed by atoms with Crippen LogP contribution in [0.15, 0.2) is 77.7 Å². The van der Waals surface area contributed by atoms with E-state index in [0.29, 0.717) is 9.80 Å². The Balaban J connectivity index is 1.33. The summed E-state index contributed by atoms with van der Waals surface area (Å²) in [6.45, 7) is 3.00. The van der Waals surface area contributed by atoms with Gasteiger partial charge >= 0.3 is 23.9 Å². The predicted octanol–water partition coefficient (Wildman–Crippen LogP) is 8.44. The third-order valence-corrected chi connectivity index (χ3v) is 15.7. The van der Waals surface area contributed by atoms with Crippen molar-refractivity contribution in [3.8, 4) is 0 Å². The van der Waals surface area contributed by atoms with Gasteiger partial charge in [-0.1, -0.05) is 130 Å². The highest BCUT2D eigenvalue weighted by Crippen LogP contribution is 2.49. The van der Waals surface area contributed by atoms with E-state index < -0.39 is 142 Å². The van der Waals surface area contributed by atoms with E-state index in [4.69, 9.17) is 108 Å². The molecule has 0 bridgehead atoms. The number of carbonyl (C=O) groups excluding carboxylic acids is 8. The van der Waals surface area contributed by atoms with Crippen LogP contribution in [0.1, 0.15) is 74.7 Å². The number of thioether (sulfide) groups is 1. The molecule has 0 unspecified atom stereocenters. The van der Waals surface area contributed by atoms with E-state index in [0.717, 1.165) is 49.9 Å². The first-order chi connectivity index (χ1) is 35.2. The lowest BCUT2D eigenvalue weighted by atomic mass is 9.93. The number of hydrogen-bond donors (Lipinski definition) is 0. The number of halogens is 6. The molecule has 0 spiro atoms. The van der Waals surface area contributed by atoms with Crippen LogP contribution < -0.4 is 0 Å². The highest BCUT2D eigenvalue weighted by Gasteiger charge is 2.62. The minimum Gasteiger partial charge on any atom is -0.463 e. The van der Waals surface area contributed by atoms with E-state index in [2.05, 4.69) is 0 Å². The van der Waals surface area contributed by atoms with Gasteiger partial charge < -0.3 is 37.9 Å². The van der Waals surface area contributed by atoms with Gasteiger partial charge in [0.2, 0.25) is 0 Å². The predicted molar refractivity (Wildman–Crippen MR) is 265 cm³/mol. The molecule has 4 aliphatic heterocycles. The molecule has 2 saturated heterocycles. The fourth-order valence-electron chi connectivity index (χ4n) is 9.00. The number of rotatable bonds is 15. The van der Waals surface area contributed by atoms with Gasteiger partial charge in [-0.2, -0.15) is 0 Å². The quantitative estimate of drug-likeness (QED) is 0.0359. The monoisotopic (exact) mass is 1150 g/mol. The molecule has 10 atom stereocenters. The van der Waals surface area contributed by atoms with Gasteiger partial charge in [0.15, 0.2) is 24.6 Å². The van der Waals surface area contributed by atoms with Gasteiger partial charge in [0, 0.05) is 32.6 Å². The van der Waals surface area contributed by atoms with Crippen molar-refractivity contribution in [3.63, 3.8) is 0 Å². The van der Waals surface area contributed by atoms with Crippen molar-refractivity contribution < 1.29 is 76.3 Å². The molecule has 18 nitrogen and oxygen atoms in total. The minimum absolute atomic E-state index is 0.0214. The summed E-state index contributed by atoms with van der Waals surface area (Å²) in [7, 11) is 0. The maximum absolute atomic E-state index is 14.9. The van der Waals surface area contributed by atoms with Crippen LogP contribution in [0.25, 0.3) is 0 Å². The Morgan fingerprint density at radius 3 is 1.62 bits per heavy atom. The van der Waals surface area contributed by atoms with E-state index in [-0.39, 0.29) is 37.8 Å². The zero-order chi connectivity index (χ0) is 53.4. The van der Waals surface area contributed by atoms with E-state index in [1.165, 1.54) is 12.1 Å².